The van der Waals surface area contributed by atoms with Crippen LogP contribution in [0.4, 0.5) is 5.69 Å². The second-order valence-electron chi connectivity index (χ2n) is 5.87. The minimum atomic E-state index is -4.14. The summed E-state index contributed by atoms with van der Waals surface area (Å²) >= 11 is 0. The summed E-state index contributed by atoms with van der Waals surface area (Å²) < 4.78 is 27.4. The fraction of sp³-hybridized carbons (Fsp3) is 0.222. The van der Waals surface area contributed by atoms with Crippen LogP contribution < -0.4 is 10.0 Å². The van der Waals surface area contributed by atoms with Crippen LogP contribution >= 0.6 is 0 Å². The molecule has 0 unspecified atom stereocenters. The summed E-state index contributed by atoms with van der Waals surface area (Å²) in [4.78, 5) is 25.4. The smallest absolute Gasteiger partial charge is 0.255 e. The molecule has 28 heavy (non-hydrogen) atoms. The number of hydrogen-bond donors (Lipinski definition) is 4. The van der Waals surface area contributed by atoms with E-state index in [9.17, 15) is 23.1 Å². The highest BCUT2D eigenvalue weighted by atomic mass is 32.2. The predicted octanol–water partition coefficient (Wildman–Crippen LogP) is 0.373. The van der Waals surface area contributed by atoms with E-state index in [0.29, 0.717) is 5.69 Å². The Balaban J connectivity index is 2.11. The van der Waals surface area contributed by atoms with Gasteiger partial charge in [-0.1, -0.05) is 12.1 Å². The van der Waals surface area contributed by atoms with Crippen molar-refractivity contribution in [3.63, 3.8) is 0 Å². The maximum atomic E-state index is 12.6. The van der Waals surface area contributed by atoms with E-state index >= 15 is 0 Å². The van der Waals surface area contributed by atoms with Gasteiger partial charge >= 0.3 is 0 Å². The Labute approximate surface area is 162 Å². The van der Waals surface area contributed by atoms with Gasteiger partial charge in [-0.2, -0.15) is 0 Å². The number of carbonyl (C=O) groups excluding carboxylic acids is 2. The van der Waals surface area contributed by atoms with Crippen molar-refractivity contribution in [2.24, 2.45) is 0 Å². The number of amides is 2. The van der Waals surface area contributed by atoms with Gasteiger partial charge in [0.25, 0.3) is 5.91 Å². The van der Waals surface area contributed by atoms with E-state index in [-0.39, 0.29) is 29.4 Å². The minimum absolute atomic E-state index is 0.0335. The average Bonchev–Trinajstić information content (AvgIpc) is 2.68. The number of aromatic hydroxyl groups is 1. The summed E-state index contributed by atoms with van der Waals surface area (Å²) in [7, 11) is -2.69. The Kier molecular flexibility index (Phi) is 7.10. The third-order valence-corrected chi connectivity index (χ3v) is 5.22. The number of aliphatic hydroxyl groups excluding tert-OH is 1. The minimum Gasteiger partial charge on any atom is -0.508 e. The summed E-state index contributed by atoms with van der Waals surface area (Å²) in [5, 5.41) is 20.7. The van der Waals surface area contributed by atoms with Gasteiger partial charge in [0, 0.05) is 19.3 Å². The third kappa shape index (κ3) is 5.52. The molecule has 0 aromatic heterocycles. The Morgan fingerprint density at radius 2 is 1.71 bits per heavy atom. The zero-order valence-electron chi connectivity index (χ0n) is 15.1. The van der Waals surface area contributed by atoms with E-state index < -0.39 is 28.4 Å². The van der Waals surface area contributed by atoms with Crippen LogP contribution in [0.3, 0.4) is 0 Å². The molecule has 0 spiro atoms. The molecule has 0 aliphatic carbocycles. The average molecular weight is 407 g/mol. The zero-order chi connectivity index (χ0) is 20.7. The van der Waals surface area contributed by atoms with Gasteiger partial charge in [-0.3, -0.25) is 9.59 Å². The zero-order valence-corrected chi connectivity index (χ0v) is 15.9. The highest BCUT2D eigenvalue weighted by Gasteiger charge is 2.24. The highest BCUT2D eigenvalue weighted by Crippen LogP contribution is 2.17. The van der Waals surface area contributed by atoms with E-state index in [4.69, 9.17) is 5.11 Å². The number of nitrogens with one attached hydrogen (secondary N) is 2. The molecule has 0 saturated carbocycles. The Morgan fingerprint density at radius 3 is 2.36 bits per heavy atom. The van der Waals surface area contributed by atoms with Gasteiger partial charge in [-0.05, 0) is 36.4 Å². The van der Waals surface area contributed by atoms with Crippen LogP contribution in [0.1, 0.15) is 10.4 Å². The van der Waals surface area contributed by atoms with Crippen LogP contribution in [-0.4, -0.2) is 62.1 Å². The first-order valence-electron chi connectivity index (χ1n) is 8.28. The van der Waals surface area contributed by atoms with E-state index in [1.807, 2.05) is 0 Å². The van der Waals surface area contributed by atoms with Crippen molar-refractivity contribution in [3.05, 3.63) is 54.1 Å². The fourth-order valence-corrected chi connectivity index (χ4v) is 3.50. The molecular weight excluding hydrogens is 386 g/mol. The Morgan fingerprint density at radius 1 is 1.07 bits per heavy atom. The molecule has 4 N–H and O–H groups in total. The number of aliphatic hydroxyl groups is 1. The van der Waals surface area contributed by atoms with E-state index in [2.05, 4.69) is 10.0 Å². The molecule has 2 rings (SSSR count). The SMILES string of the molecule is CN(CCO)C(=O)c1ccccc1S(=O)(=O)NCC(=O)Nc1ccc(O)cc1. The summed E-state index contributed by atoms with van der Waals surface area (Å²) in [6, 6.07) is 11.3. The standard InChI is InChI=1S/C18H21N3O6S/c1-21(10-11-22)18(25)15-4-2-3-5-16(15)28(26,27)19-12-17(24)20-13-6-8-14(23)9-7-13/h2-9,19,22-23H,10-12H2,1H3,(H,20,24). The van der Waals surface area contributed by atoms with Crippen molar-refractivity contribution in [2.45, 2.75) is 4.90 Å². The monoisotopic (exact) mass is 407 g/mol. The van der Waals surface area contributed by atoms with Gasteiger partial charge in [0.2, 0.25) is 15.9 Å². The lowest BCUT2D eigenvalue weighted by molar-refractivity contribution is -0.115. The van der Waals surface area contributed by atoms with Gasteiger partial charge in [-0.15, -0.1) is 0 Å². The number of sulfonamides is 1. The van der Waals surface area contributed by atoms with Crippen molar-refractivity contribution in [3.8, 4) is 5.75 Å². The van der Waals surface area contributed by atoms with Crippen LogP contribution in [-0.2, 0) is 14.8 Å². The summed E-state index contributed by atoms with van der Waals surface area (Å²) in [5.74, 6) is -1.15. The van der Waals surface area contributed by atoms with Gasteiger partial charge in [0.1, 0.15) is 5.75 Å². The molecule has 0 bridgehead atoms. The van der Waals surface area contributed by atoms with Crippen LogP contribution in [0, 0.1) is 0 Å². The molecule has 0 aliphatic heterocycles. The Hall–Kier alpha value is -2.95. The van der Waals surface area contributed by atoms with E-state index in [1.54, 1.807) is 0 Å². The van der Waals surface area contributed by atoms with Crippen LogP contribution in [0.2, 0.25) is 0 Å². The largest absolute Gasteiger partial charge is 0.508 e. The number of carbonyl (C=O) groups is 2. The molecular formula is C18H21N3O6S. The molecule has 0 heterocycles. The topological polar surface area (TPSA) is 136 Å². The van der Waals surface area contributed by atoms with Gasteiger partial charge in [-0.25, -0.2) is 13.1 Å². The van der Waals surface area contributed by atoms with Crippen LogP contribution in [0.25, 0.3) is 0 Å². The van der Waals surface area contributed by atoms with E-state index in [0.717, 1.165) is 0 Å². The number of rotatable bonds is 8. The number of phenols is 1. The van der Waals surface area contributed by atoms with Crippen LogP contribution in [0.5, 0.6) is 5.75 Å². The molecule has 10 heteroatoms. The van der Waals surface area contributed by atoms with E-state index in [1.165, 1.54) is 60.5 Å². The molecule has 2 aromatic rings. The lowest BCUT2D eigenvalue weighted by Gasteiger charge is -2.18. The van der Waals surface area contributed by atoms with Crippen molar-refractivity contribution in [1.29, 1.82) is 0 Å². The predicted molar refractivity (Wildman–Crippen MR) is 102 cm³/mol. The normalized spacial score (nSPS) is 11.1. The van der Waals surface area contributed by atoms with Gasteiger partial charge in [0.05, 0.1) is 23.6 Å². The fourth-order valence-electron chi connectivity index (χ4n) is 2.32. The molecule has 2 aromatic carbocycles. The maximum absolute atomic E-state index is 12.6. The van der Waals surface area contributed by atoms with Crippen molar-refractivity contribution < 1.29 is 28.2 Å². The molecule has 150 valence electrons. The first-order chi connectivity index (χ1) is 13.2. The Bertz CT molecular complexity index is 944. The number of nitrogens with zero attached hydrogens (tertiary/aromatic N) is 1. The first kappa shape index (κ1) is 21.4. The maximum Gasteiger partial charge on any atom is 0.255 e. The molecule has 2 amide bonds. The lowest BCUT2D eigenvalue weighted by atomic mass is 10.2. The quantitative estimate of drug-likeness (QED) is 0.467. The molecule has 0 radical (unpaired) electrons. The summed E-state index contributed by atoms with van der Waals surface area (Å²) in [5.41, 5.74) is 0.327. The van der Waals surface area contributed by atoms with Crippen molar-refractivity contribution >= 4 is 27.5 Å². The highest BCUT2D eigenvalue weighted by molar-refractivity contribution is 7.89. The molecule has 0 aliphatic rings. The van der Waals surface area contributed by atoms with Crippen molar-refractivity contribution in [2.75, 3.05) is 32.1 Å². The van der Waals surface area contributed by atoms with Crippen LogP contribution in [0.15, 0.2) is 53.4 Å². The molecule has 0 atom stereocenters. The second-order valence-corrected chi connectivity index (χ2v) is 7.60. The number of phenolic OH excluding ortho intramolecular Hbond substituents is 1. The first-order valence-corrected chi connectivity index (χ1v) is 9.77. The lowest BCUT2D eigenvalue weighted by Crippen LogP contribution is -2.35. The number of anilines is 1. The number of hydrogen-bond acceptors (Lipinski definition) is 6. The molecule has 0 fully saturated rings. The second kappa shape index (κ2) is 9.31. The third-order valence-electron chi connectivity index (χ3n) is 3.76. The number of likely N-dealkylation sites (N-methyl/N-ethyl adjacent to an activating group) is 1. The van der Waals surface area contributed by atoms with Crippen molar-refractivity contribution in [1.82, 2.24) is 9.62 Å². The number of benzene rings is 2. The molecule has 9 nitrogen and oxygen atoms in total. The van der Waals surface area contributed by atoms with Gasteiger partial charge in [0.15, 0.2) is 0 Å². The summed E-state index contributed by atoms with van der Waals surface area (Å²) in [6.45, 7) is -0.749. The van der Waals surface area contributed by atoms with Gasteiger partial charge < -0.3 is 20.4 Å². The summed E-state index contributed by atoms with van der Waals surface area (Å²) in [6.07, 6.45) is 0. The molecule has 0 saturated heterocycles.